The summed E-state index contributed by atoms with van der Waals surface area (Å²) in [5.74, 6) is 2.92. The number of carbonyl (C=O) groups excluding carboxylic acids is 1. The van der Waals surface area contributed by atoms with Crippen LogP contribution in [0, 0.1) is 10.8 Å². The van der Waals surface area contributed by atoms with Crippen molar-refractivity contribution in [1.82, 2.24) is 15.5 Å². The van der Waals surface area contributed by atoms with Crippen LogP contribution in [0.4, 0.5) is 0 Å². The lowest BCUT2D eigenvalue weighted by Gasteiger charge is -2.38. The third kappa shape index (κ3) is 9.80. The van der Waals surface area contributed by atoms with E-state index in [1.54, 1.807) is 26.2 Å². The number of hydrogen-bond donors (Lipinski definition) is 2. The predicted molar refractivity (Wildman–Crippen MR) is 217 cm³/mol. The molecular formula is C43H57N4O4P. The van der Waals surface area contributed by atoms with Gasteiger partial charge in [-0.15, -0.1) is 0 Å². The van der Waals surface area contributed by atoms with E-state index >= 15 is 0 Å². The Morgan fingerprint density at radius 3 is 1.48 bits per heavy atom. The Bertz CT molecular complexity index is 1690. The summed E-state index contributed by atoms with van der Waals surface area (Å²) < 4.78 is 22.4. The third-order valence-corrected chi connectivity index (χ3v) is 13.0. The first kappa shape index (κ1) is 40.1. The molecule has 9 heteroatoms. The smallest absolute Gasteiger partial charge is 0.245 e. The number of nitrogens with zero attached hydrogens (tertiary/aromatic N) is 2. The number of hydrogen-bond acceptors (Lipinski definition) is 7. The molecule has 4 aromatic carbocycles. The van der Waals surface area contributed by atoms with Gasteiger partial charge in [-0.2, -0.15) is 0 Å². The molecule has 0 saturated heterocycles. The van der Waals surface area contributed by atoms with Gasteiger partial charge >= 0.3 is 0 Å². The number of ether oxygens (including phenoxy) is 3. The molecule has 0 saturated carbocycles. The van der Waals surface area contributed by atoms with Gasteiger partial charge in [-0.25, -0.2) is 0 Å². The highest BCUT2D eigenvalue weighted by molar-refractivity contribution is 7.87. The van der Waals surface area contributed by atoms with E-state index in [0.29, 0.717) is 18.9 Å². The summed E-state index contributed by atoms with van der Waals surface area (Å²) in [6.07, 6.45) is 0. The van der Waals surface area contributed by atoms with Crippen molar-refractivity contribution < 1.29 is 19.0 Å². The van der Waals surface area contributed by atoms with Gasteiger partial charge in [0, 0.05) is 29.5 Å². The van der Waals surface area contributed by atoms with Crippen LogP contribution in [0.25, 0.3) is 0 Å². The van der Waals surface area contributed by atoms with E-state index in [0.717, 1.165) is 38.7 Å². The first-order valence-electron chi connectivity index (χ1n) is 17.6. The van der Waals surface area contributed by atoms with Crippen molar-refractivity contribution in [3.8, 4) is 17.2 Å². The Morgan fingerprint density at radius 2 is 1.12 bits per heavy atom. The van der Waals surface area contributed by atoms with Crippen molar-refractivity contribution in [2.75, 3.05) is 34.9 Å². The highest BCUT2D eigenvalue weighted by Crippen LogP contribution is 2.47. The summed E-state index contributed by atoms with van der Waals surface area (Å²) >= 11 is 0. The molecule has 0 aromatic heterocycles. The van der Waals surface area contributed by atoms with Crippen LogP contribution in [0.2, 0.25) is 0 Å². The van der Waals surface area contributed by atoms with E-state index in [1.165, 1.54) is 0 Å². The molecule has 2 N–H and O–H groups in total. The van der Waals surface area contributed by atoms with Crippen molar-refractivity contribution in [3.63, 3.8) is 0 Å². The highest BCUT2D eigenvalue weighted by atomic mass is 31.2. The molecule has 0 fully saturated rings. The summed E-state index contributed by atoms with van der Waals surface area (Å²) in [4.78, 5) is 15.7. The molecule has 0 unspecified atom stereocenters. The van der Waals surface area contributed by atoms with E-state index in [2.05, 4.69) is 95.2 Å². The van der Waals surface area contributed by atoms with E-state index in [-0.39, 0.29) is 22.8 Å². The van der Waals surface area contributed by atoms with E-state index < -0.39 is 13.1 Å². The van der Waals surface area contributed by atoms with Gasteiger partial charge in [-0.1, -0.05) is 78.5 Å². The number of rotatable bonds is 15. The molecule has 0 spiro atoms. The van der Waals surface area contributed by atoms with Gasteiger partial charge in [-0.05, 0) is 89.2 Å². The molecule has 0 aliphatic carbocycles. The summed E-state index contributed by atoms with van der Waals surface area (Å²) in [5, 5.41) is 10.4. The Kier molecular flexibility index (Phi) is 13.3. The molecule has 0 aliphatic heterocycles. The summed E-state index contributed by atoms with van der Waals surface area (Å²) in [6.45, 7) is 18.2. The van der Waals surface area contributed by atoms with Crippen LogP contribution in [0.1, 0.15) is 47.1 Å². The second kappa shape index (κ2) is 17.2. The number of benzene rings is 4. The lowest BCUT2D eigenvalue weighted by atomic mass is 9.85. The third-order valence-electron chi connectivity index (χ3n) is 9.28. The van der Waals surface area contributed by atoms with Crippen LogP contribution < -0.4 is 40.8 Å². The van der Waals surface area contributed by atoms with Gasteiger partial charge in [0.2, 0.25) is 5.91 Å². The topological polar surface area (TPSA) is 84.4 Å². The minimum absolute atomic E-state index is 0.000223. The molecule has 278 valence electrons. The van der Waals surface area contributed by atoms with Crippen LogP contribution in [0.15, 0.2) is 120 Å². The number of carbonyl (C=O) groups is 1. The van der Waals surface area contributed by atoms with Crippen LogP contribution in [-0.2, 0) is 11.3 Å². The van der Waals surface area contributed by atoms with E-state index in [9.17, 15) is 4.79 Å². The number of likely N-dealkylation sites (N-methyl/N-ethyl adjacent to an activating group) is 1. The highest BCUT2D eigenvalue weighted by Gasteiger charge is 2.35. The van der Waals surface area contributed by atoms with Gasteiger partial charge in [-0.3, -0.25) is 9.54 Å². The molecule has 1 amide bonds. The van der Waals surface area contributed by atoms with Crippen LogP contribution in [0.3, 0.4) is 0 Å². The average molecular weight is 725 g/mol. The van der Waals surface area contributed by atoms with Gasteiger partial charge in [0.05, 0.1) is 46.8 Å². The van der Waals surface area contributed by atoms with Gasteiger partial charge in [0.1, 0.15) is 23.3 Å². The number of amides is 1. The Balaban J connectivity index is 1.76. The van der Waals surface area contributed by atoms with E-state index in [1.807, 2.05) is 73.8 Å². The first-order valence-corrected chi connectivity index (χ1v) is 19.4. The standard InChI is InChI=1S/C43H57N4O4P/c1-31(46-40(43(5,6)7)41(48)47(8)30-32-15-13-12-14-16-32)45-39(42(2,3)4)29-44-52(36-23-17-33(49-9)18-24-36,37-25-19-34(50-10)20-26-37)38-27-21-35(51-11)22-28-38/h12-28,39-40,45-46H,1,29-30H2,2-11H3/t39-,40-/m0/s1. The lowest BCUT2D eigenvalue weighted by Crippen LogP contribution is -2.54. The zero-order valence-corrected chi connectivity index (χ0v) is 33.5. The Hall–Kier alpha value is -4.68. The van der Waals surface area contributed by atoms with Crippen molar-refractivity contribution in [1.29, 1.82) is 0 Å². The van der Waals surface area contributed by atoms with Gasteiger partial charge < -0.3 is 29.7 Å². The fourth-order valence-corrected chi connectivity index (χ4v) is 9.59. The molecule has 2 atom stereocenters. The first-order chi connectivity index (χ1) is 24.6. The average Bonchev–Trinajstić information content (AvgIpc) is 3.13. The molecule has 0 radical (unpaired) electrons. The fraction of sp³-hybridized carbons (Fsp3) is 0.372. The molecule has 0 heterocycles. The minimum atomic E-state index is -2.62. The molecule has 0 aliphatic rings. The lowest BCUT2D eigenvalue weighted by molar-refractivity contribution is -0.135. The SMILES string of the molecule is C=C(N[C@@H](CN=P(c1ccc(OC)cc1)(c1ccc(OC)cc1)c1ccc(OC)cc1)C(C)(C)C)N[C@@H](C(=O)N(C)Cc1ccccc1)C(C)(C)C. The monoisotopic (exact) mass is 724 g/mol. The zero-order valence-electron chi connectivity index (χ0n) is 32.6. The second-order valence-electron chi connectivity index (χ2n) is 15.2. The van der Waals surface area contributed by atoms with Crippen LogP contribution >= 0.6 is 7.05 Å². The maximum atomic E-state index is 13.9. The summed E-state index contributed by atoms with van der Waals surface area (Å²) in [7, 11) is 4.26. The fourth-order valence-electron chi connectivity index (χ4n) is 6.06. The largest absolute Gasteiger partial charge is 0.497 e. The van der Waals surface area contributed by atoms with E-state index in [4.69, 9.17) is 19.0 Å². The van der Waals surface area contributed by atoms with Crippen LogP contribution in [-0.4, -0.2) is 57.8 Å². The summed E-state index contributed by atoms with van der Waals surface area (Å²) in [6, 6.07) is 34.1. The molecule has 4 rings (SSSR count). The van der Waals surface area contributed by atoms with Gasteiger partial charge in [0.25, 0.3) is 0 Å². The maximum Gasteiger partial charge on any atom is 0.245 e. The van der Waals surface area contributed by atoms with Crippen molar-refractivity contribution >= 4 is 28.9 Å². The number of methoxy groups -OCH3 is 3. The minimum Gasteiger partial charge on any atom is -0.497 e. The molecule has 8 nitrogen and oxygen atoms in total. The normalized spacial score (nSPS) is 13.0. The quantitative estimate of drug-likeness (QED) is 0.125. The maximum absolute atomic E-state index is 13.9. The van der Waals surface area contributed by atoms with Crippen molar-refractivity contribution in [2.45, 2.75) is 60.2 Å². The van der Waals surface area contributed by atoms with Gasteiger partial charge in [0.15, 0.2) is 0 Å². The van der Waals surface area contributed by atoms with Crippen LogP contribution in [0.5, 0.6) is 17.2 Å². The predicted octanol–water partition coefficient (Wildman–Crippen LogP) is 7.33. The summed E-state index contributed by atoms with van der Waals surface area (Å²) in [5.41, 5.74) is 0.468. The second-order valence-corrected chi connectivity index (χ2v) is 18.3. The zero-order chi connectivity index (χ0) is 38.1. The Labute approximate surface area is 311 Å². The molecule has 0 bridgehead atoms. The molecule has 4 aromatic rings. The van der Waals surface area contributed by atoms with Crippen molar-refractivity contribution in [2.24, 2.45) is 15.6 Å². The Morgan fingerprint density at radius 1 is 0.692 bits per heavy atom. The molecular weight excluding hydrogens is 667 g/mol. The molecule has 52 heavy (non-hydrogen) atoms. The van der Waals surface area contributed by atoms with Crippen molar-refractivity contribution in [3.05, 3.63) is 121 Å². The number of nitrogens with one attached hydrogen (secondary N) is 2.